The quantitative estimate of drug-likeness (QED) is 0.429. The van der Waals surface area contributed by atoms with Gasteiger partial charge in [0, 0.05) is 21.6 Å². The minimum absolute atomic E-state index is 0.250. The number of aromatic nitrogens is 1. The van der Waals surface area contributed by atoms with E-state index in [2.05, 4.69) is 25.6 Å². The summed E-state index contributed by atoms with van der Waals surface area (Å²) in [5.41, 5.74) is 3.73. The van der Waals surface area contributed by atoms with Crippen molar-refractivity contribution in [3.05, 3.63) is 100 Å². The molecule has 0 spiro atoms. The molecular weight excluding hydrogens is 436 g/mol. The molecule has 0 radical (unpaired) electrons. The fourth-order valence-corrected chi connectivity index (χ4v) is 4.71. The largest absolute Gasteiger partial charge is 0.361 e. The molecule has 2 N–H and O–H groups in total. The number of H-pyrrole nitrogens is 1. The molecule has 0 aliphatic carbocycles. The van der Waals surface area contributed by atoms with Crippen molar-refractivity contribution in [1.29, 1.82) is 0 Å². The third kappa shape index (κ3) is 3.76. The first-order valence-corrected chi connectivity index (χ1v) is 11.1. The van der Waals surface area contributed by atoms with Gasteiger partial charge in [-0.1, -0.05) is 64.0 Å². The summed E-state index contributed by atoms with van der Waals surface area (Å²) in [7, 11) is -3.70. The zero-order valence-electron chi connectivity index (χ0n) is 15.2. The van der Waals surface area contributed by atoms with Gasteiger partial charge in [0.05, 0.1) is 10.9 Å². The summed E-state index contributed by atoms with van der Waals surface area (Å²) in [6.07, 6.45) is 1.87. The van der Waals surface area contributed by atoms with E-state index in [0.717, 1.165) is 32.1 Å². The molecule has 28 heavy (non-hydrogen) atoms. The lowest BCUT2D eigenvalue weighted by Crippen LogP contribution is -2.29. The summed E-state index contributed by atoms with van der Waals surface area (Å²) in [6, 6.07) is 21.9. The van der Waals surface area contributed by atoms with Crippen LogP contribution >= 0.6 is 15.9 Å². The van der Waals surface area contributed by atoms with Crippen LogP contribution < -0.4 is 4.72 Å². The number of sulfonamides is 1. The van der Waals surface area contributed by atoms with Gasteiger partial charge in [-0.05, 0) is 48.4 Å². The lowest BCUT2D eigenvalue weighted by atomic mass is 9.99. The third-order valence-corrected chi connectivity index (χ3v) is 6.71. The second-order valence-corrected chi connectivity index (χ2v) is 9.34. The van der Waals surface area contributed by atoms with Crippen LogP contribution in [-0.2, 0) is 10.0 Å². The molecule has 0 aliphatic heterocycles. The number of hydrogen-bond donors (Lipinski definition) is 2. The van der Waals surface area contributed by atoms with Crippen LogP contribution in [0.3, 0.4) is 0 Å². The summed E-state index contributed by atoms with van der Waals surface area (Å²) in [4.78, 5) is 3.49. The fourth-order valence-electron chi connectivity index (χ4n) is 3.24. The zero-order valence-corrected chi connectivity index (χ0v) is 17.6. The van der Waals surface area contributed by atoms with E-state index in [0.29, 0.717) is 0 Å². The first kappa shape index (κ1) is 18.9. The predicted molar refractivity (Wildman–Crippen MR) is 116 cm³/mol. The lowest BCUT2D eigenvalue weighted by Gasteiger charge is -2.19. The molecule has 1 unspecified atom stereocenters. The lowest BCUT2D eigenvalue weighted by molar-refractivity contribution is 0.572. The van der Waals surface area contributed by atoms with Crippen LogP contribution in [0.25, 0.3) is 10.9 Å². The standard InChI is InChI=1S/C22H19BrN2O2S/c1-15-6-12-18(13-7-15)28(26,27)25-22(16-8-10-17(23)11-9-16)20-14-24-21-5-3-2-4-19(20)21/h2-14,22,24-25H,1H3. The summed E-state index contributed by atoms with van der Waals surface area (Å²) >= 11 is 3.44. The predicted octanol–water partition coefficient (Wildman–Crippen LogP) is 5.31. The summed E-state index contributed by atoms with van der Waals surface area (Å²) in [6.45, 7) is 1.93. The molecule has 142 valence electrons. The van der Waals surface area contributed by atoms with Gasteiger partial charge < -0.3 is 4.98 Å². The van der Waals surface area contributed by atoms with E-state index in [1.807, 2.05) is 61.7 Å². The molecule has 1 heterocycles. The molecule has 3 aromatic carbocycles. The molecule has 0 fully saturated rings. The van der Waals surface area contributed by atoms with Crippen LogP contribution in [0.4, 0.5) is 0 Å². The number of para-hydroxylation sites is 1. The van der Waals surface area contributed by atoms with Crippen LogP contribution in [0.15, 0.2) is 88.4 Å². The molecule has 0 saturated carbocycles. The molecule has 4 rings (SSSR count). The van der Waals surface area contributed by atoms with Gasteiger partial charge in [0.1, 0.15) is 0 Å². The average Bonchev–Trinajstić information content (AvgIpc) is 3.11. The highest BCUT2D eigenvalue weighted by Crippen LogP contribution is 2.31. The maximum Gasteiger partial charge on any atom is 0.241 e. The number of aryl methyl sites for hydroxylation is 1. The van der Waals surface area contributed by atoms with Crippen molar-refractivity contribution >= 4 is 36.9 Å². The first-order chi connectivity index (χ1) is 13.4. The van der Waals surface area contributed by atoms with Crippen LogP contribution in [0, 0.1) is 6.92 Å². The average molecular weight is 455 g/mol. The van der Waals surface area contributed by atoms with Gasteiger partial charge in [-0.15, -0.1) is 0 Å². The number of aromatic amines is 1. The Kier molecular flexibility index (Phi) is 5.10. The van der Waals surface area contributed by atoms with E-state index in [1.165, 1.54) is 0 Å². The van der Waals surface area contributed by atoms with E-state index in [9.17, 15) is 8.42 Å². The van der Waals surface area contributed by atoms with E-state index < -0.39 is 16.1 Å². The van der Waals surface area contributed by atoms with Crippen molar-refractivity contribution in [1.82, 2.24) is 9.71 Å². The van der Waals surface area contributed by atoms with Crippen LogP contribution in [-0.4, -0.2) is 13.4 Å². The molecule has 0 saturated heterocycles. The van der Waals surface area contributed by atoms with Gasteiger partial charge in [-0.3, -0.25) is 0 Å². The molecule has 1 aromatic heterocycles. The Hall–Kier alpha value is -2.41. The molecule has 4 nitrogen and oxygen atoms in total. The van der Waals surface area contributed by atoms with Gasteiger partial charge in [-0.2, -0.15) is 4.72 Å². The number of nitrogens with one attached hydrogen (secondary N) is 2. The normalized spacial score (nSPS) is 12.9. The second-order valence-electron chi connectivity index (χ2n) is 6.71. The Bertz CT molecular complexity index is 1210. The minimum atomic E-state index is -3.70. The summed E-state index contributed by atoms with van der Waals surface area (Å²) in [5.74, 6) is 0. The van der Waals surface area contributed by atoms with E-state index in [-0.39, 0.29) is 4.90 Å². The highest BCUT2D eigenvalue weighted by Gasteiger charge is 2.25. The Morgan fingerprint density at radius 3 is 2.32 bits per heavy atom. The van der Waals surface area contributed by atoms with Crippen LogP contribution in [0.1, 0.15) is 22.7 Å². The molecule has 6 heteroatoms. The molecule has 1 atom stereocenters. The van der Waals surface area contributed by atoms with Crippen molar-refractivity contribution in [3.8, 4) is 0 Å². The maximum atomic E-state index is 13.1. The van der Waals surface area contributed by atoms with Gasteiger partial charge in [-0.25, -0.2) is 8.42 Å². The second kappa shape index (κ2) is 7.54. The smallest absolute Gasteiger partial charge is 0.241 e. The fraction of sp³-hybridized carbons (Fsp3) is 0.0909. The minimum Gasteiger partial charge on any atom is -0.361 e. The van der Waals surface area contributed by atoms with Crippen LogP contribution in [0.5, 0.6) is 0 Å². The highest BCUT2D eigenvalue weighted by molar-refractivity contribution is 9.10. The third-order valence-electron chi connectivity index (χ3n) is 4.74. The number of rotatable bonds is 5. The van der Waals surface area contributed by atoms with E-state index in [1.54, 1.807) is 24.3 Å². The van der Waals surface area contributed by atoms with Gasteiger partial charge in [0.2, 0.25) is 10.0 Å². The Morgan fingerprint density at radius 2 is 1.61 bits per heavy atom. The maximum absolute atomic E-state index is 13.1. The number of benzene rings is 3. The number of hydrogen-bond acceptors (Lipinski definition) is 2. The van der Waals surface area contributed by atoms with E-state index >= 15 is 0 Å². The molecule has 4 aromatic rings. The van der Waals surface area contributed by atoms with E-state index in [4.69, 9.17) is 0 Å². The van der Waals surface area contributed by atoms with Crippen molar-refractivity contribution < 1.29 is 8.42 Å². The van der Waals surface area contributed by atoms with Gasteiger partial charge in [0.25, 0.3) is 0 Å². The monoisotopic (exact) mass is 454 g/mol. The van der Waals surface area contributed by atoms with Gasteiger partial charge in [0.15, 0.2) is 0 Å². The zero-order chi connectivity index (χ0) is 19.7. The molecule has 0 bridgehead atoms. The first-order valence-electron chi connectivity index (χ1n) is 8.84. The summed E-state index contributed by atoms with van der Waals surface area (Å²) < 4.78 is 30.0. The van der Waals surface area contributed by atoms with Gasteiger partial charge >= 0.3 is 0 Å². The Balaban J connectivity index is 1.81. The summed E-state index contributed by atoms with van der Waals surface area (Å²) in [5, 5.41) is 0.988. The Labute approximate surface area is 172 Å². The number of halogens is 1. The number of fused-ring (bicyclic) bond motifs is 1. The SMILES string of the molecule is Cc1ccc(S(=O)(=O)NC(c2ccc(Br)cc2)c2c[nH]c3ccccc23)cc1. The Morgan fingerprint density at radius 1 is 0.929 bits per heavy atom. The molecule has 0 amide bonds. The van der Waals surface area contributed by atoms with Crippen molar-refractivity contribution in [3.63, 3.8) is 0 Å². The van der Waals surface area contributed by atoms with Crippen molar-refractivity contribution in [2.24, 2.45) is 0 Å². The molecular formula is C22H19BrN2O2S. The topological polar surface area (TPSA) is 62.0 Å². The van der Waals surface area contributed by atoms with Crippen LogP contribution in [0.2, 0.25) is 0 Å². The van der Waals surface area contributed by atoms with Crippen molar-refractivity contribution in [2.75, 3.05) is 0 Å². The molecule has 0 aliphatic rings. The highest BCUT2D eigenvalue weighted by atomic mass is 79.9. The van der Waals surface area contributed by atoms with Crippen molar-refractivity contribution in [2.45, 2.75) is 17.9 Å².